The Morgan fingerprint density at radius 2 is 1.66 bits per heavy atom. The average Bonchev–Trinajstić information content (AvgIpc) is 3.39. The molecule has 3 aromatic carbocycles. The minimum absolute atomic E-state index is 0.166. The van der Waals surface area contributed by atoms with Crippen LogP contribution in [0.1, 0.15) is 5.56 Å². The van der Waals surface area contributed by atoms with E-state index < -0.39 is 11.2 Å². The Balaban J connectivity index is 1.58. The van der Waals surface area contributed by atoms with Gasteiger partial charge in [0.25, 0.3) is 5.56 Å². The maximum absolute atomic E-state index is 13.5. The molecule has 0 saturated heterocycles. The summed E-state index contributed by atoms with van der Waals surface area (Å²) in [5, 5.41) is 2.07. The fourth-order valence-corrected chi connectivity index (χ4v) is 4.23. The molecule has 3 aromatic heterocycles. The Morgan fingerprint density at radius 3 is 2.50 bits per heavy atom. The Labute approximate surface area is 181 Å². The molecular formula is C25H18N4O3. The number of aromatic nitrogens is 4. The Kier molecular flexibility index (Phi) is 3.91. The second kappa shape index (κ2) is 6.81. The summed E-state index contributed by atoms with van der Waals surface area (Å²) in [6, 6.07) is 23.4. The van der Waals surface area contributed by atoms with Crippen molar-refractivity contribution in [1.29, 1.82) is 0 Å². The molecule has 0 saturated carbocycles. The van der Waals surface area contributed by atoms with Crippen LogP contribution in [0.5, 0.6) is 0 Å². The lowest BCUT2D eigenvalue weighted by molar-refractivity contribution is 0.610. The standard InChI is InChI=1S/C25H18N4O3/c1-27-22-21(28-15-20(32-24(28)26-22)17-9-3-2-4-10-17)23(30)29(25(27)31)14-18-12-7-11-16-8-5-6-13-19(16)18/h2-13,15H,14H2,1H3. The van der Waals surface area contributed by atoms with Gasteiger partial charge in [-0.1, -0.05) is 72.8 Å². The number of hydrogen-bond donors (Lipinski definition) is 0. The van der Waals surface area contributed by atoms with E-state index in [9.17, 15) is 9.59 Å². The highest BCUT2D eigenvalue weighted by Gasteiger charge is 2.20. The van der Waals surface area contributed by atoms with E-state index in [0.717, 1.165) is 21.9 Å². The van der Waals surface area contributed by atoms with E-state index in [1.54, 1.807) is 17.6 Å². The molecule has 0 aliphatic rings. The van der Waals surface area contributed by atoms with Gasteiger partial charge in [0.1, 0.15) is 0 Å². The summed E-state index contributed by atoms with van der Waals surface area (Å²) >= 11 is 0. The molecule has 0 spiro atoms. The molecule has 3 heterocycles. The van der Waals surface area contributed by atoms with Crippen LogP contribution >= 0.6 is 0 Å². The fourth-order valence-electron chi connectivity index (χ4n) is 4.23. The summed E-state index contributed by atoms with van der Waals surface area (Å²) in [4.78, 5) is 31.0. The van der Waals surface area contributed by atoms with Gasteiger partial charge in [-0.15, -0.1) is 0 Å². The highest BCUT2D eigenvalue weighted by molar-refractivity contribution is 5.85. The maximum Gasteiger partial charge on any atom is 0.332 e. The molecule has 0 aliphatic heterocycles. The predicted molar refractivity (Wildman–Crippen MR) is 123 cm³/mol. The van der Waals surface area contributed by atoms with E-state index >= 15 is 0 Å². The third-order valence-electron chi connectivity index (χ3n) is 5.86. The van der Waals surface area contributed by atoms with Crippen molar-refractivity contribution in [2.45, 2.75) is 6.54 Å². The second-order valence-electron chi connectivity index (χ2n) is 7.77. The van der Waals surface area contributed by atoms with Crippen LogP contribution in [0.3, 0.4) is 0 Å². The molecule has 6 rings (SSSR count). The van der Waals surface area contributed by atoms with Gasteiger partial charge in [0.15, 0.2) is 16.9 Å². The van der Waals surface area contributed by atoms with Gasteiger partial charge in [-0.3, -0.25) is 18.3 Å². The third kappa shape index (κ3) is 2.64. The van der Waals surface area contributed by atoms with Gasteiger partial charge in [0.2, 0.25) is 0 Å². The highest BCUT2D eigenvalue weighted by atomic mass is 16.4. The second-order valence-corrected chi connectivity index (χ2v) is 7.77. The lowest BCUT2D eigenvalue weighted by atomic mass is 10.0. The number of aryl methyl sites for hydroxylation is 1. The smallest absolute Gasteiger partial charge is 0.332 e. The lowest BCUT2D eigenvalue weighted by Crippen LogP contribution is -2.39. The van der Waals surface area contributed by atoms with Gasteiger partial charge < -0.3 is 4.42 Å². The maximum atomic E-state index is 13.5. The van der Waals surface area contributed by atoms with E-state index in [2.05, 4.69) is 4.98 Å². The predicted octanol–water partition coefficient (Wildman–Crippen LogP) is 3.81. The third-order valence-corrected chi connectivity index (χ3v) is 5.86. The van der Waals surface area contributed by atoms with Crippen LogP contribution in [-0.2, 0) is 13.6 Å². The fraction of sp³-hybridized carbons (Fsp3) is 0.0800. The minimum atomic E-state index is -0.417. The molecule has 0 fully saturated rings. The van der Waals surface area contributed by atoms with Gasteiger partial charge in [-0.25, -0.2) is 4.79 Å². The first-order valence-corrected chi connectivity index (χ1v) is 10.3. The van der Waals surface area contributed by atoms with Crippen LogP contribution in [0, 0.1) is 0 Å². The quantitative estimate of drug-likeness (QED) is 0.435. The largest absolute Gasteiger partial charge is 0.423 e. The van der Waals surface area contributed by atoms with Crippen molar-refractivity contribution in [2.24, 2.45) is 7.05 Å². The van der Waals surface area contributed by atoms with Gasteiger partial charge in [0, 0.05) is 12.6 Å². The van der Waals surface area contributed by atoms with E-state index in [1.807, 2.05) is 72.8 Å². The molecule has 0 bridgehead atoms. The molecule has 7 heteroatoms. The van der Waals surface area contributed by atoms with Gasteiger partial charge in [-0.2, -0.15) is 4.98 Å². The molecule has 0 radical (unpaired) electrons. The molecule has 156 valence electrons. The molecule has 0 aliphatic carbocycles. The summed E-state index contributed by atoms with van der Waals surface area (Å²) in [6.45, 7) is 0.166. The molecular weight excluding hydrogens is 404 g/mol. The number of benzene rings is 3. The van der Waals surface area contributed by atoms with Crippen molar-refractivity contribution in [3.05, 3.63) is 105 Å². The van der Waals surface area contributed by atoms with Crippen LogP contribution < -0.4 is 11.2 Å². The zero-order valence-corrected chi connectivity index (χ0v) is 17.2. The monoisotopic (exact) mass is 422 g/mol. The molecule has 0 N–H and O–H groups in total. The molecule has 0 unspecified atom stereocenters. The van der Waals surface area contributed by atoms with E-state index in [4.69, 9.17) is 4.42 Å². The van der Waals surface area contributed by atoms with Crippen LogP contribution in [0.4, 0.5) is 0 Å². The van der Waals surface area contributed by atoms with Gasteiger partial charge >= 0.3 is 11.5 Å². The Morgan fingerprint density at radius 1 is 0.906 bits per heavy atom. The Hall–Kier alpha value is -4.39. The zero-order chi connectivity index (χ0) is 21.8. The van der Waals surface area contributed by atoms with Crippen molar-refractivity contribution in [3.63, 3.8) is 0 Å². The highest BCUT2D eigenvalue weighted by Crippen LogP contribution is 2.24. The van der Waals surface area contributed by atoms with Crippen molar-refractivity contribution < 1.29 is 4.42 Å². The van der Waals surface area contributed by atoms with Crippen molar-refractivity contribution in [2.75, 3.05) is 0 Å². The molecule has 32 heavy (non-hydrogen) atoms. The number of nitrogens with zero attached hydrogens (tertiary/aromatic N) is 4. The molecule has 0 atom stereocenters. The minimum Gasteiger partial charge on any atom is -0.423 e. The van der Waals surface area contributed by atoms with E-state index in [1.165, 1.54) is 9.13 Å². The summed E-state index contributed by atoms with van der Waals surface area (Å²) < 4.78 is 10.2. The summed E-state index contributed by atoms with van der Waals surface area (Å²) in [7, 11) is 1.62. The van der Waals surface area contributed by atoms with Crippen LogP contribution in [0.25, 0.3) is 39.1 Å². The zero-order valence-electron chi connectivity index (χ0n) is 17.2. The summed E-state index contributed by atoms with van der Waals surface area (Å²) in [6.07, 6.45) is 1.74. The van der Waals surface area contributed by atoms with Crippen LogP contribution in [0.2, 0.25) is 0 Å². The first-order chi connectivity index (χ1) is 15.6. The number of rotatable bonds is 3. The van der Waals surface area contributed by atoms with Crippen LogP contribution in [0.15, 0.2) is 93.0 Å². The molecule has 6 aromatic rings. The van der Waals surface area contributed by atoms with Gasteiger partial charge in [-0.05, 0) is 16.3 Å². The van der Waals surface area contributed by atoms with E-state index in [-0.39, 0.29) is 12.4 Å². The first kappa shape index (κ1) is 18.4. The lowest BCUT2D eigenvalue weighted by Gasteiger charge is -2.10. The Bertz CT molecular complexity index is 1750. The average molecular weight is 422 g/mol. The number of imidazole rings is 1. The van der Waals surface area contributed by atoms with Crippen molar-refractivity contribution in [3.8, 4) is 11.3 Å². The number of oxazole rings is 1. The first-order valence-electron chi connectivity index (χ1n) is 10.3. The SMILES string of the molecule is Cn1c(=O)n(Cc2cccc3ccccc23)c(=O)c2c1nc1oc(-c3ccccc3)cn12. The number of hydrogen-bond acceptors (Lipinski definition) is 4. The number of fused-ring (bicyclic) bond motifs is 4. The summed E-state index contributed by atoms with van der Waals surface area (Å²) in [5.74, 6) is 0.873. The molecule has 0 amide bonds. The normalized spacial score (nSPS) is 11.7. The van der Waals surface area contributed by atoms with Crippen LogP contribution in [-0.4, -0.2) is 18.5 Å². The molecule has 7 nitrogen and oxygen atoms in total. The van der Waals surface area contributed by atoms with Gasteiger partial charge in [0.05, 0.1) is 12.7 Å². The van der Waals surface area contributed by atoms with Crippen molar-refractivity contribution >= 4 is 27.8 Å². The topological polar surface area (TPSA) is 74.4 Å². The summed E-state index contributed by atoms with van der Waals surface area (Å²) in [5.41, 5.74) is 1.58. The van der Waals surface area contributed by atoms with Crippen molar-refractivity contribution in [1.82, 2.24) is 18.5 Å². The van der Waals surface area contributed by atoms with E-state index in [0.29, 0.717) is 16.9 Å².